The molecule has 0 aliphatic heterocycles. The average Bonchev–Trinajstić information content (AvgIpc) is 2.02. The quantitative estimate of drug-likeness (QED) is 0.573. The zero-order valence-corrected chi connectivity index (χ0v) is 9.06. The van der Waals surface area contributed by atoms with E-state index in [9.17, 15) is 9.59 Å². The molecule has 6 heteroatoms. The summed E-state index contributed by atoms with van der Waals surface area (Å²) in [5.41, 5.74) is -0.652. The van der Waals surface area contributed by atoms with E-state index in [-0.39, 0.29) is 24.0 Å². The second kappa shape index (κ2) is 5.87. The molecule has 0 aliphatic carbocycles. The van der Waals surface area contributed by atoms with Crippen LogP contribution in [0.4, 0.5) is 0 Å². The Morgan fingerprint density at radius 3 is 2.36 bits per heavy atom. The predicted molar refractivity (Wildman–Crippen MR) is 54.3 cm³/mol. The highest BCUT2D eigenvalue weighted by molar-refractivity contribution is 8.00. The van der Waals surface area contributed by atoms with Gasteiger partial charge in [-0.25, -0.2) is 0 Å². The monoisotopic (exact) mass is 221 g/mol. The third kappa shape index (κ3) is 6.73. The SMILES string of the molecule is CC(C)(CO)NC(=O)CSCC(=O)O. The first-order valence-corrected chi connectivity index (χ1v) is 5.24. The number of carboxylic acid groups (broad SMARTS) is 1. The van der Waals surface area contributed by atoms with Crippen molar-refractivity contribution < 1.29 is 19.8 Å². The number of aliphatic hydroxyl groups excluding tert-OH is 1. The topological polar surface area (TPSA) is 86.6 Å². The molecule has 0 aliphatic rings. The number of hydrogen-bond acceptors (Lipinski definition) is 4. The van der Waals surface area contributed by atoms with E-state index in [2.05, 4.69) is 5.32 Å². The fraction of sp³-hybridized carbons (Fsp3) is 0.750. The first kappa shape index (κ1) is 13.2. The van der Waals surface area contributed by atoms with Gasteiger partial charge in [-0.2, -0.15) is 0 Å². The molecule has 5 nitrogen and oxygen atoms in total. The van der Waals surface area contributed by atoms with Crippen LogP contribution in [0.3, 0.4) is 0 Å². The molecule has 14 heavy (non-hydrogen) atoms. The Balaban J connectivity index is 3.71. The highest BCUT2D eigenvalue weighted by atomic mass is 32.2. The number of aliphatic hydroxyl groups is 1. The molecule has 0 aromatic rings. The van der Waals surface area contributed by atoms with E-state index >= 15 is 0 Å². The van der Waals surface area contributed by atoms with Gasteiger partial charge in [-0.3, -0.25) is 9.59 Å². The summed E-state index contributed by atoms with van der Waals surface area (Å²) in [6, 6.07) is 0. The summed E-state index contributed by atoms with van der Waals surface area (Å²) in [5, 5.41) is 19.7. The van der Waals surface area contributed by atoms with Crippen molar-refractivity contribution in [3.8, 4) is 0 Å². The van der Waals surface area contributed by atoms with Crippen LogP contribution in [0, 0.1) is 0 Å². The summed E-state index contributed by atoms with van der Waals surface area (Å²) in [4.78, 5) is 21.3. The second-order valence-corrected chi connectivity index (χ2v) is 4.46. The van der Waals surface area contributed by atoms with Gasteiger partial charge in [0.15, 0.2) is 0 Å². The lowest BCUT2D eigenvalue weighted by Crippen LogP contribution is -2.47. The number of aliphatic carboxylic acids is 1. The van der Waals surface area contributed by atoms with Crippen LogP contribution in [0.15, 0.2) is 0 Å². The maximum absolute atomic E-state index is 11.2. The van der Waals surface area contributed by atoms with E-state index in [0.717, 1.165) is 11.8 Å². The number of carbonyl (C=O) groups is 2. The molecule has 0 rings (SSSR count). The third-order valence-corrected chi connectivity index (χ3v) is 2.25. The molecular formula is C8H15NO4S. The minimum atomic E-state index is -0.941. The molecule has 0 aromatic heterocycles. The van der Waals surface area contributed by atoms with Crippen molar-refractivity contribution in [2.24, 2.45) is 0 Å². The molecule has 82 valence electrons. The highest BCUT2D eigenvalue weighted by Gasteiger charge is 2.18. The predicted octanol–water partition coefficient (Wildman–Crippen LogP) is -0.309. The fourth-order valence-corrected chi connectivity index (χ4v) is 1.22. The van der Waals surface area contributed by atoms with Crippen LogP contribution in [0.1, 0.15) is 13.8 Å². The molecule has 0 saturated heterocycles. The largest absolute Gasteiger partial charge is 0.481 e. The molecule has 0 atom stereocenters. The number of carbonyl (C=O) groups excluding carboxylic acids is 1. The average molecular weight is 221 g/mol. The van der Waals surface area contributed by atoms with Gasteiger partial charge in [0.2, 0.25) is 5.91 Å². The van der Waals surface area contributed by atoms with Crippen molar-refractivity contribution in [3.63, 3.8) is 0 Å². The smallest absolute Gasteiger partial charge is 0.313 e. The molecule has 0 unspecified atom stereocenters. The molecule has 0 aromatic carbocycles. The summed E-state index contributed by atoms with van der Waals surface area (Å²) in [6.07, 6.45) is 0. The minimum absolute atomic E-state index is 0.0903. The lowest BCUT2D eigenvalue weighted by Gasteiger charge is -2.23. The summed E-state index contributed by atoms with van der Waals surface area (Å²) >= 11 is 1.03. The van der Waals surface area contributed by atoms with E-state index < -0.39 is 11.5 Å². The Morgan fingerprint density at radius 2 is 1.93 bits per heavy atom. The first-order valence-electron chi connectivity index (χ1n) is 4.09. The Labute approximate surface area is 86.9 Å². The van der Waals surface area contributed by atoms with Crippen LogP contribution in [-0.4, -0.2) is 45.7 Å². The van der Waals surface area contributed by atoms with Gasteiger partial charge in [0, 0.05) is 0 Å². The second-order valence-electron chi connectivity index (χ2n) is 3.48. The Bertz CT molecular complexity index is 217. The van der Waals surface area contributed by atoms with Crippen LogP contribution in [0.25, 0.3) is 0 Å². The van der Waals surface area contributed by atoms with E-state index in [4.69, 9.17) is 10.2 Å². The van der Waals surface area contributed by atoms with E-state index in [1.165, 1.54) is 0 Å². The standard InChI is InChI=1S/C8H15NO4S/c1-8(2,5-10)9-6(11)3-14-4-7(12)13/h10H,3-5H2,1-2H3,(H,9,11)(H,12,13). The number of nitrogens with one attached hydrogen (secondary N) is 1. The van der Waals surface area contributed by atoms with Gasteiger partial charge in [0.1, 0.15) is 0 Å². The van der Waals surface area contributed by atoms with Gasteiger partial charge in [-0.05, 0) is 13.8 Å². The highest BCUT2D eigenvalue weighted by Crippen LogP contribution is 2.03. The number of hydrogen-bond donors (Lipinski definition) is 3. The van der Waals surface area contributed by atoms with Gasteiger partial charge in [0.05, 0.1) is 23.7 Å². The maximum Gasteiger partial charge on any atom is 0.313 e. The number of carboxylic acids is 1. The normalized spacial score (nSPS) is 11.1. The van der Waals surface area contributed by atoms with E-state index in [1.807, 2.05) is 0 Å². The van der Waals surface area contributed by atoms with Crippen molar-refractivity contribution >= 4 is 23.6 Å². The number of amides is 1. The molecule has 0 bridgehead atoms. The van der Waals surface area contributed by atoms with Gasteiger partial charge >= 0.3 is 5.97 Å². The molecule has 0 saturated carbocycles. The summed E-state index contributed by atoms with van der Waals surface area (Å²) in [5.74, 6) is -1.21. The van der Waals surface area contributed by atoms with Gasteiger partial charge in [-0.15, -0.1) is 11.8 Å². The zero-order chi connectivity index (χ0) is 11.2. The van der Waals surface area contributed by atoms with Crippen LogP contribution in [0.2, 0.25) is 0 Å². The molecule has 0 spiro atoms. The number of rotatable bonds is 6. The third-order valence-electron chi connectivity index (χ3n) is 1.33. The van der Waals surface area contributed by atoms with Gasteiger partial charge in [0.25, 0.3) is 0 Å². The lowest BCUT2D eigenvalue weighted by molar-refractivity contribution is -0.133. The zero-order valence-electron chi connectivity index (χ0n) is 8.24. The number of thioether (sulfide) groups is 1. The lowest BCUT2D eigenvalue weighted by atomic mass is 10.1. The molecule has 0 radical (unpaired) electrons. The molecule has 0 heterocycles. The minimum Gasteiger partial charge on any atom is -0.481 e. The molecule has 3 N–H and O–H groups in total. The van der Waals surface area contributed by atoms with Crippen LogP contribution >= 0.6 is 11.8 Å². The molecule has 0 fully saturated rings. The van der Waals surface area contributed by atoms with Gasteiger partial charge < -0.3 is 15.5 Å². The first-order chi connectivity index (χ1) is 6.37. The van der Waals surface area contributed by atoms with Crippen LogP contribution in [-0.2, 0) is 9.59 Å². The Hall–Kier alpha value is -0.750. The van der Waals surface area contributed by atoms with E-state index in [0.29, 0.717) is 0 Å². The van der Waals surface area contributed by atoms with Crippen molar-refractivity contribution in [1.82, 2.24) is 5.32 Å². The van der Waals surface area contributed by atoms with Crippen LogP contribution < -0.4 is 5.32 Å². The van der Waals surface area contributed by atoms with Crippen molar-refractivity contribution in [2.75, 3.05) is 18.1 Å². The summed E-state index contributed by atoms with van der Waals surface area (Å²) < 4.78 is 0. The molecular weight excluding hydrogens is 206 g/mol. The van der Waals surface area contributed by atoms with Crippen LogP contribution in [0.5, 0.6) is 0 Å². The summed E-state index contributed by atoms with van der Waals surface area (Å²) in [7, 11) is 0. The Morgan fingerprint density at radius 1 is 1.36 bits per heavy atom. The molecule has 1 amide bonds. The van der Waals surface area contributed by atoms with Crippen molar-refractivity contribution in [3.05, 3.63) is 0 Å². The Kier molecular flexibility index (Phi) is 5.56. The van der Waals surface area contributed by atoms with Gasteiger partial charge in [-0.1, -0.05) is 0 Å². The van der Waals surface area contributed by atoms with Crippen molar-refractivity contribution in [2.45, 2.75) is 19.4 Å². The van der Waals surface area contributed by atoms with Crippen molar-refractivity contribution in [1.29, 1.82) is 0 Å². The fourth-order valence-electron chi connectivity index (χ4n) is 0.684. The summed E-state index contributed by atoms with van der Waals surface area (Å²) in [6.45, 7) is 3.22. The van der Waals surface area contributed by atoms with E-state index in [1.54, 1.807) is 13.8 Å². The maximum atomic E-state index is 11.2.